The van der Waals surface area contributed by atoms with Gasteiger partial charge in [-0.25, -0.2) is 8.78 Å². The van der Waals surface area contributed by atoms with Crippen LogP contribution in [0.25, 0.3) is 0 Å². The molecule has 0 heterocycles. The Bertz CT molecular complexity index is 487. The summed E-state index contributed by atoms with van der Waals surface area (Å²) in [4.78, 5) is 11.4. The molecule has 0 amide bonds. The van der Waals surface area contributed by atoms with E-state index in [0.717, 1.165) is 18.2 Å². The van der Waals surface area contributed by atoms with Crippen molar-refractivity contribution in [2.24, 2.45) is 0 Å². The zero-order chi connectivity index (χ0) is 16.2. The molecule has 2 N–H and O–H groups in total. The fourth-order valence-electron chi connectivity index (χ4n) is 2.29. The van der Waals surface area contributed by atoms with Crippen molar-refractivity contribution >= 4 is 5.97 Å². The Hall–Kier alpha value is -1.69. The third-order valence-electron chi connectivity index (χ3n) is 2.95. The Kier molecular flexibility index (Phi) is 5.66. The Labute approximate surface area is 123 Å². The number of ether oxygens (including phenoxy) is 1. The molecule has 1 aromatic rings. The molecule has 0 aliphatic heterocycles. The smallest absolute Gasteiger partial charge is 0.323 e. The average molecular weight is 301 g/mol. The van der Waals surface area contributed by atoms with E-state index in [-0.39, 0.29) is 18.2 Å². The van der Waals surface area contributed by atoms with Gasteiger partial charge in [-0.3, -0.25) is 10.1 Å². The van der Waals surface area contributed by atoms with Crippen molar-refractivity contribution in [3.05, 3.63) is 29.8 Å². The predicted molar refractivity (Wildman–Crippen MR) is 75.4 cm³/mol. The lowest BCUT2D eigenvalue weighted by Crippen LogP contribution is -2.54. The molecule has 0 aliphatic carbocycles. The van der Waals surface area contributed by atoms with Gasteiger partial charge in [0.1, 0.15) is 22.9 Å². The number of carbonyl (C=O) groups is 1. The lowest BCUT2D eigenvalue weighted by Gasteiger charge is -2.31. The quantitative estimate of drug-likeness (QED) is 0.813. The van der Waals surface area contributed by atoms with Crippen molar-refractivity contribution in [1.82, 2.24) is 5.32 Å². The number of benzene rings is 1. The molecule has 0 saturated carbocycles. The second-order valence-electron chi connectivity index (χ2n) is 5.67. The lowest BCUT2D eigenvalue weighted by atomic mass is 9.94. The van der Waals surface area contributed by atoms with Gasteiger partial charge in [0.25, 0.3) is 0 Å². The van der Waals surface area contributed by atoms with E-state index in [2.05, 4.69) is 5.32 Å². The number of hydrogen-bond acceptors (Lipinski definition) is 3. The summed E-state index contributed by atoms with van der Waals surface area (Å²) in [6.45, 7) is 6.90. The molecule has 4 nitrogen and oxygen atoms in total. The number of rotatable bonds is 7. The zero-order valence-corrected chi connectivity index (χ0v) is 12.6. The summed E-state index contributed by atoms with van der Waals surface area (Å²) in [5.41, 5.74) is -1.18. The van der Waals surface area contributed by atoms with Gasteiger partial charge in [-0.2, -0.15) is 0 Å². The standard InChI is InChI=1S/C15H21F2NO3/c1-9(2)18-15(4,14(19)20)8-10(3)21-13-6-11(16)5-12(17)7-13/h5-7,9-10,18H,8H2,1-4H3,(H,19,20). The highest BCUT2D eigenvalue weighted by atomic mass is 19.1. The summed E-state index contributed by atoms with van der Waals surface area (Å²) in [7, 11) is 0. The van der Waals surface area contributed by atoms with Crippen LogP contribution in [-0.2, 0) is 4.79 Å². The van der Waals surface area contributed by atoms with Gasteiger partial charge in [0.15, 0.2) is 0 Å². The second-order valence-corrected chi connectivity index (χ2v) is 5.67. The van der Waals surface area contributed by atoms with E-state index >= 15 is 0 Å². The maximum atomic E-state index is 13.1. The molecule has 0 aromatic heterocycles. The highest BCUT2D eigenvalue weighted by molar-refractivity contribution is 5.78. The van der Waals surface area contributed by atoms with Gasteiger partial charge in [-0.1, -0.05) is 0 Å². The van der Waals surface area contributed by atoms with Gasteiger partial charge < -0.3 is 9.84 Å². The minimum absolute atomic E-state index is 0.0232. The van der Waals surface area contributed by atoms with Crippen molar-refractivity contribution in [3.8, 4) is 5.75 Å². The first-order valence-electron chi connectivity index (χ1n) is 6.76. The van der Waals surface area contributed by atoms with E-state index in [4.69, 9.17) is 4.74 Å². The maximum absolute atomic E-state index is 13.1. The molecule has 6 heteroatoms. The summed E-state index contributed by atoms with van der Waals surface area (Å²) >= 11 is 0. The van der Waals surface area contributed by atoms with Gasteiger partial charge in [0.05, 0.1) is 6.10 Å². The SMILES string of the molecule is CC(C)NC(C)(CC(C)Oc1cc(F)cc(F)c1)C(=O)O. The first-order chi connectivity index (χ1) is 9.62. The fourth-order valence-corrected chi connectivity index (χ4v) is 2.29. The van der Waals surface area contributed by atoms with Gasteiger partial charge in [-0.05, 0) is 27.7 Å². The highest BCUT2D eigenvalue weighted by Gasteiger charge is 2.35. The highest BCUT2D eigenvalue weighted by Crippen LogP contribution is 2.21. The third-order valence-corrected chi connectivity index (χ3v) is 2.95. The van der Waals surface area contributed by atoms with Crippen molar-refractivity contribution < 1.29 is 23.4 Å². The summed E-state index contributed by atoms with van der Waals surface area (Å²) in [6.07, 6.45) is -0.378. The number of carboxylic acid groups (broad SMARTS) is 1. The Morgan fingerprint density at radius 3 is 2.24 bits per heavy atom. The molecule has 0 aliphatic rings. The molecular formula is C15H21F2NO3. The predicted octanol–water partition coefficient (Wildman–Crippen LogP) is 2.96. The minimum Gasteiger partial charge on any atom is -0.490 e. The topological polar surface area (TPSA) is 58.6 Å². The zero-order valence-electron chi connectivity index (χ0n) is 12.6. The van der Waals surface area contributed by atoms with E-state index in [1.165, 1.54) is 0 Å². The number of halogens is 2. The lowest BCUT2D eigenvalue weighted by molar-refractivity contribution is -0.145. The molecule has 1 rings (SSSR count). The molecule has 2 atom stereocenters. The largest absolute Gasteiger partial charge is 0.490 e. The molecule has 0 radical (unpaired) electrons. The van der Waals surface area contributed by atoms with E-state index in [1.807, 2.05) is 13.8 Å². The molecular weight excluding hydrogens is 280 g/mol. The van der Waals surface area contributed by atoms with Crippen LogP contribution < -0.4 is 10.1 Å². The molecule has 21 heavy (non-hydrogen) atoms. The van der Waals surface area contributed by atoms with Gasteiger partial charge in [0, 0.05) is 30.7 Å². The number of aliphatic carboxylic acids is 1. The van der Waals surface area contributed by atoms with Crippen LogP contribution in [0.2, 0.25) is 0 Å². The van der Waals surface area contributed by atoms with Crippen LogP contribution in [0.4, 0.5) is 8.78 Å². The van der Waals surface area contributed by atoms with Crippen LogP contribution in [0.1, 0.15) is 34.1 Å². The minimum atomic E-state index is -1.18. The van der Waals surface area contributed by atoms with Gasteiger partial charge in [0.2, 0.25) is 0 Å². The monoisotopic (exact) mass is 301 g/mol. The summed E-state index contributed by atoms with van der Waals surface area (Å²) < 4.78 is 31.6. The van der Waals surface area contributed by atoms with Gasteiger partial charge >= 0.3 is 5.97 Å². The Morgan fingerprint density at radius 1 is 1.29 bits per heavy atom. The first kappa shape index (κ1) is 17.4. The van der Waals surface area contributed by atoms with E-state index in [1.54, 1.807) is 13.8 Å². The summed E-state index contributed by atoms with van der Waals surface area (Å²) in [5, 5.41) is 12.3. The van der Waals surface area contributed by atoms with Crippen molar-refractivity contribution in [2.75, 3.05) is 0 Å². The van der Waals surface area contributed by atoms with Crippen LogP contribution >= 0.6 is 0 Å². The Balaban J connectivity index is 2.78. The van der Waals surface area contributed by atoms with Crippen LogP contribution in [0.3, 0.4) is 0 Å². The average Bonchev–Trinajstić information content (AvgIpc) is 2.24. The van der Waals surface area contributed by atoms with Gasteiger partial charge in [-0.15, -0.1) is 0 Å². The normalized spacial score (nSPS) is 15.6. The van der Waals surface area contributed by atoms with Crippen LogP contribution in [0.15, 0.2) is 18.2 Å². The first-order valence-corrected chi connectivity index (χ1v) is 6.76. The molecule has 2 unspecified atom stereocenters. The van der Waals surface area contributed by atoms with Crippen LogP contribution in [0, 0.1) is 11.6 Å². The molecule has 118 valence electrons. The van der Waals surface area contributed by atoms with Crippen molar-refractivity contribution in [3.63, 3.8) is 0 Å². The van der Waals surface area contributed by atoms with Crippen molar-refractivity contribution in [1.29, 1.82) is 0 Å². The molecule has 1 aromatic carbocycles. The van der Waals surface area contributed by atoms with Crippen molar-refractivity contribution in [2.45, 2.75) is 51.8 Å². The third kappa shape index (κ3) is 5.30. The summed E-state index contributed by atoms with van der Waals surface area (Å²) in [5.74, 6) is -2.44. The fraction of sp³-hybridized carbons (Fsp3) is 0.533. The second kappa shape index (κ2) is 6.85. The molecule has 0 spiro atoms. The van der Waals surface area contributed by atoms with E-state index in [9.17, 15) is 18.7 Å². The van der Waals surface area contributed by atoms with E-state index in [0.29, 0.717) is 0 Å². The number of carboxylic acids is 1. The molecule has 0 bridgehead atoms. The van der Waals surface area contributed by atoms with E-state index < -0.39 is 29.2 Å². The molecule has 0 saturated heterocycles. The molecule has 0 fully saturated rings. The van der Waals surface area contributed by atoms with Crippen LogP contribution in [0.5, 0.6) is 5.75 Å². The maximum Gasteiger partial charge on any atom is 0.323 e. The summed E-state index contributed by atoms with van der Waals surface area (Å²) in [6, 6.07) is 2.85. The van der Waals surface area contributed by atoms with Crippen LogP contribution in [-0.4, -0.2) is 28.8 Å². The number of hydrogen-bond donors (Lipinski definition) is 2. The number of nitrogens with one attached hydrogen (secondary N) is 1. The Morgan fingerprint density at radius 2 is 1.81 bits per heavy atom.